The first-order valence-corrected chi connectivity index (χ1v) is 9.94. The van der Waals surface area contributed by atoms with Gasteiger partial charge < -0.3 is 9.64 Å². The lowest BCUT2D eigenvalue weighted by molar-refractivity contribution is -0.177. The predicted octanol–water partition coefficient (Wildman–Crippen LogP) is 2.09. The van der Waals surface area contributed by atoms with Gasteiger partial charge in [0, 0.05) is 30.9 Å². The van der Waals surface area contributed by atoms with Crippen LogP contribution in [0.1, 0.15) is 45.4 Å². The van der Waals surface area contributed by atoms with Crippen LogP contribution in [-0.4, -0.2) is 57.7 Å². The van der Waals surface area contributed by atoms with Crippen LogP contribution in [0, 0.1) is 5.41 Å². The average Bonchev–Trinajstić information content (AvgIpc) is 2.40. The molecule has 0 radical (unpaired) electrons. The van der Waals surface area contributed by atoms with Crippen molar-refractivity contribution in [3.8, 4) is 0 Å². The van der Waals surface area contributed by atoms with Gasteiger partial charge in [0.25, 0.3) is 0 Å². The van der Waals surface area contributed by atoms with Crippen LogP contribution < -0.4 is 0 Å². The fourth-order valence-electron chi connectivity index (χ4n) is 4.11. The summed E-state index contributed by atoms with van der Waals surface area (Å²) in [7, 11) is -0.798. The van der Waals surface area contributed by atoms with Crippen molar-refractivity contribution in [2.75, 3.05) is 32.2 Å². The highest BCUT2D eigenvalue weighted by atomic mass is 32.2. The Balaban J connectivity index is 2.00. The Hall–Kier alpha value is -0.130. The summed E-state index contributed by atoms with van der Waals surface area (Å²) in [5, 5.41) is 0. The second-order valence-electron chi connectivity index (χ2n) is 6.60. The monoisotopic (exact) mass is 303 g/mol. The standard InChI is InChI=1S/C15H29NO3S/c1-4-19-14-12-13(15(14)8-6-5-7-9-15)16(2)10-11-20(3,17)18/h13-14H,4-12H2,1-3H3/t13-,14-/m1/s1. The maximum absolute atomic E-state index is 11.3. The molecule has 2 rings (SSSR count). The van der Waals surface area contributed by atoms with Crippen molar-refractivity contribution in [2.45, 2.75) is 57.6 Å². The van der Waals surface area contributed by atoms with Crippen molar-refractivity contribution in [1.29, 1.82) is 0 Å². The third kappa shape index (κ3) is 3.37. The van der Waals surface area contributed by atoms with Crippen LogP contribution in [0.3, 0.4) is 0 Å². The first-order chi connectivity index (χ1) is 9.39. The number of ether oxygens (including phenoxy) is 1. The Labute approximate surface area is 123 Å². The second kappa shape index (κ2) is 6.32. The van der Waals surface area contributed by atoms with Gasteiger partial charge in [-0.15, -0.1) is 0 Å². The summed E-state index contributed by atoms with van der Waals surface area (Å²) in [4.78, 5) is 2.27. The largest absolute Gasteiger partial charge is 0.378 e. The summed E-state index contributed by atoms with van der Waals surface area (Å²) in [6.07, 6.45) is 9.17. The van der Waals surface area contributed by atoms with Gasteiger partial charge in [-0.25, -0.2) is 8.42 Å². The van der Waals surface area contributed by atoms with Crippen molar-refractivity contribution >= 4 is 9.84 Å². The Kier molecular flexibility index (Phi) is 5.14. The highest BCUT2D eigenvalue weighted by Gasteiger charge is 2.56. The molecule has 0 aromatic carbocycles. The van der Waals surface area contributed by atoms with E-state index in [1.807, 2.05) is 0 Å². The van der Waals surface area contributed by atoms with Gasteiger partial charge in [0.2, 0.25) is 0 Å². The normalized spacial score (nSPS) is 29.6. The summed E-state index contributed by atoms with van der Waals surface area (Å²) in [5.74, 6) is 0.259. The molecule has 0 aromatic rings. The highest BCUT2D eigenvalue weighted by molar-refractivity contribution is 7.90. The summed E-state index contributed by atoms with van der Waals surface area (Å²) in [6, 6.07) is 0.501. The zero-order chi connectivity index (χ0) is 14.8. The molecule has 0 heterocycles. The molecular formula is C15H29NO3S. The molecule has 0 saturated heterocycles. The molecule has 0 unspecified atom stereocenters. The van der Waals surface area contributed by atoms with E-state index in [2.05, 4.69) is 18.9 Å². The SMILES string of the molecule is CCO[C@@H]1C[C@@H](N(C)CCS(C)(=O)=O)C12CCCCC2. The zero-order valence-electron chi connectivity index (χ0n) is 13.1. The first-order valence-electron chi connectivity index (χ1n) is 7.88. The van der Waals surface area contributed by atoms with Crippen molar-refractivity contribution < 1.29 is 13.2 Å². The van der Waals surface area contributed by atoms with E-state index in [0.717, 1.165) is 13.0 Å². The van der Waals surface area contributed by atoms with Crippen molar-refractivity contribution in [3.63, 3.8) is 0 Å². The molecule has 20 heavy (non-hydrogen) atoms. The smallest absolute Gasteiger partial charge is 0.148 e. The summed E-state index contributed by atoms with van der Waals surface area (Å²) >= 11 is 0. The van der Waals surface area contributed by atoms with Crippen LogP contribution in [0.2, 0.25) is 0 Å². The van der Waals surface area contributed by atoms with Crippen LogP contribution in [0.5, 0.6) is 0 Å². The van der Waals surface area contributed by atoms with Gasteiger partial charge in [-0.1, -0.05) is 19.3 Å². The molecule has 2 aliphatic carbocycles. The Bertz CT molecular complexity index is 415. The van der Waals surface area contributed by atoms with E-state index in [1.165, 1.54) is 38.4 Å². The van der Waals surface area contributed by atoms with E-state index < -0.39 is 9.84 Å². The number of hydrogen-bond acceptors (Lipinski definition) is 4. The number of hydrogen-bond donors (Lipinski definition) is 0. The predicted molar refractivity (Wildman–Crippen MR) is 81.7 cm³/mol. The number of sulfone groups is 1. The third-order valence-electron chi connectivity index (χ3n) is 5.24. The Morgan fingerprint density at radius 1 is 1.25 bits per heavy atom. The molecule has 4 nitrogen and oxygen atoms in total. The molecule has 118 valence electrons. The van der Waals surface area contributed by atoms with Gasteiger partial charge in [0.1, 0.15) is 9.84 Å². The Morgan fingerprint density at radius 2 is 1.90 bits per heavy atom. The average molecular weight is 303 g/mol. The maximum Gasteiger partial charge on any atom is 0.148 e. The fourth-order valence-corrected chi connectivity index (χ4v) is 4.73. The van der Waals surface area contributed by atoms with Crippen molar-refractivity contribution in [3.05, 3.63) is 0 Å². The van der Waals surface area contributed by atoms with E-state index in [4.69, 9.17) is 4.74 Å². The topological polar surface area (TPSA) is 46.6 Å². The molecule has 0 aromatic heterocycles. The zero-order valence-corrected chi connectivity index (χ0v) is 13.9. The van der Waals surface area contributed by atoms with Gasteiger partial charge in [-0.05, 0) is 33.2 Å². The lowest BCUT2D eigenvalue weighted by Gasteiger charge is -2.60. The number of nitrogens with zero attached hydrogens (tertiary/aromatic N) is 1. The van der Waals surface area contributed by atoms with Gasteiger partial charge in [-0.3, -0.25) is 0 Å². The number of rotatable bonds is 6. The van der Waals surface area contributed by atoms with Crippen molar-refractivity contribution in [2.24, 2.45) is 5.41 Å². The molecule has 2 aliphatic rings. The molecule has 1 spiro atoms. The van der Waals surface area contributed by atoms with E-state index in [1.54, 1.807) is 0 Å². The minimum atomic E-state index is -2.88. The van der Waals surface area contributed by atoms with Gasteiger partial charge >= 0.3 is 0 Å². The molecule has 0 bridgehead atoms. The van der Waals surface area contributed by atoms with Crippen LogP contribution in [0.25, 0.3) is 0 Å². The Morgan fingerprint density at radius 3 is 2.45 bits per heavy atom. The van der Waals surface area contributed by atoms with E-state index >= 15 is 0 Å². The maximum atomic E-state index is 11.3. The van der Waals surface area contributed by atoms with Gasteiger partial charge in [0.15, 0.2) is 0 Å². The van der Waals surface area contributed by atoms with Crippen LogP contribution >= 0.6 is 0 Å². The lowest BCUT2D eigenvalue weighted by Crippen LogP contribution is -2.65. The quantitative estimate of drug-likeness (QED) is 0.754. The van der Waals surface area contributed by atoms with E-state index in [-0.39, 0.29) is 5.75 Å². The minimum absolute atomic E-state index is 0.259. The molecule has 2 atom stereocenters. The highest BCUT2D eigenvalue weighted by Crippen LogP contribution is 2.55. The molecule has 0 amide bonds. The molecule has 5 heteroatoms. The van der Waals surface area contributed by atoms with Gasteiger partial charge in [-0.2, -0.15) is 0 Å². The molecule has 2 saturated carbocycles. The van der Waals surface area contributed by atoms with Crippen LogP contribution in [-0.2, 0) is 14.6 Å². The summed E-state index contributed by atoms with van der Waals surface area (Å²) < 4.78 is 28.6. The summed E-state index contributed by atoms with van der Waals surface area (Å²) in [6.45, 7) is 3.49. The first kappa shape index (κ1) is 16.2. The van der Waals surface area contributed by atoms with Crippen LogP contribution in [0.15, 0.2) is 0 Å². The van der Waals surface area contributed by atoms with Crippen LogP contribution in [0.4, 0.5) is 0 Å². The molecule has 2 fully saturated rings. The molecule has 0 aliphatic heterocycles. The second-order valence-corrected chi connectivity index (χ2v) is 8.86. The van der Waals surface area contributed by atoms with Gasteiger partial charge in [0.05, 0.1) is 11.9 Å². The summed E-state index contributed by atoms with van der Waals surface area (Å²) in [5.41, 5.74) is 0.292. The minimum Gasteiger partial charge on any atom is -0.378 e. The van der Waals surface area contributed by atoms with E-state index in [9.17, 15) is 8.42 Å². The fraction of sp³-hybridized carbons (Fsp3) is 1.00. The van der Waals surface area contributed by atoms with Crippen molar-refractivity contribution in [1.82, 2.24) is 4.90 Å². The van der Waals surface area contributed by atoms with E-state index in [0.29, 0.717) is 24.1 Å². The lowest BCUT2D eigenvalue weighted by atomic mass is 9.54. The molecule has 0 N–H and O–H groups in total. The molecular weight excluding hydrogens is 274 g/mol. The third-order valence-corrected chi connectivity index (χ3v) is 6.17.